The molecule has 0 radical (unpaired) electrons. The van der Waals surface area contributed by atoms with Crippen LogP contribution in [0.2, 0.25) is 0 Å². The lowest BCUT2D eigenvalue weighted by Gasteiger charge is -2.20. The number of hydrogen-bond donors (Lipinski definition) is 2. The van der Waals surface area contributed by atoms with Crippen molar-refractivity contribution in [1.82, 2.24) is 5.32 Å². The third-order valence-corrected chi connectivity index (χ3v) is 1.29. The zero-order valence-corrected chi connectivity index (χ0v) is 9.69. The van der Waals surface area contributed by atoms with E-state index in [1.165, 1.54) is 0 Å². The zero-order chi connectivity index (χ0) is 12.8. The van der Waals surface area contributed by atoms with Crippen LogP contribution in [-0.4, -0.2) is 37.4 Å². The quantitative estimate of drug-likeness (QED) is 0.442. The van der Waals surface area contributed by atoms with Crippen molar-refractivity contribution < 1.29 is 17.9 Å². The number of halogens is 3. The summed E-state index contributed by atoms with van der Waals surface area (Å²) in [6, 6.07) is 0. The van der Waals surface area contributed by atoms with E-state index >= 15 is 0 Å². The van der Waals surface area contributed by atoms with Crippen molar-refractivity contribution in [3.8, 4) is 0 Å². The lowest BCUT2D eigenvalue weighted by molar-refractivity contribution is -0.173. The summed E-state index contributed by atoms with van der Waals surface area (Å²) in [6.45, 7) is 4.44. The number of hydrogen-bond acceptors (Lipinski definition) is 2. The van der Waals surface area contributed by atoms with Gasteiger partial charge < -0.3 is 15.8 Å². The number of aliphatic imine (C=N–C) groups is 1. The average molecular weight is 241 g/mol. The fraction of sp³-hybridized carbons (Fsp3) is 0.889. The molecule has 0 aromatic carbocycles. The van der Waals surface area contributed by atoms with Crippen LogP contribution in [0.4, 0.5) is 13.2 Å². The van der Waals surface area contributed by atoms with Crippen molar-refractivity contribution in [3.63, 3.8) is 0 Å². The fourth-order valence-corrected chi connectivity index (χ4v) is 0.842. The SMILES string of the molecule is CC(C)(C)NC(N)=NCCOCC(F)(F)F. The molecular formula is C9H18F3N3O. The van der Waals surface area contributed by atoms with Crippen molar-refractivity contribution in [2.75, 3.05) is 19.8 Å². The molecule has 0 saturated carbocycles. The summed E-state index contributed by atoms with van der Waals surface area (Å²) in [5.41, 5.74) is 5.27. The van der Waals surface area contributed by atoms with E-state index in [4.69, 9.17) is 5.73 Å². The molecule has 0 spiro atoms. The molecule has 0 aliphatic carbocycles. The first kappa shape index (κ1) is 15.0. The van der Waals surface area contributed by atoms with Crippen LogP contribution in [0.3, 0.4) is 0 Å². The van der Waals surface area contributed by atoms with Gasteiger partial charge in [0, 0.05) is 5.54 Å². The maximum atomic E-state index is 11.7. The van der Waals surface area contributed by atoms with Crippen LogP contribution in [0.15, 0.2) is 4.99 Å². The van der Waals surface area contributed by atoms with Gasteiger partial charge in [-0.25, -0.2) is 0 Å². The Balaban J connectivity index is 3.68. The maximum absolute atomic E-state index is 11.7. The van der Waals surface area contributed by atoms with Gasteiger partial charge in [-0.2, -0.15) is 13.2 Å². The highest BCUT2D eigenvalue weighted by Gasteiger charge is 2.27. The number of nitrogens with two attached hydrogens (primary N) is 1. The smallest absolute Gasteiger partial charge is 0.370 e. The maximum Gasteiger partial charge on any atom is 0.411 e. The van der Waals surface area contributed by atoms with Gasteiger partial charge in [-0.1, -0.05) is 0 Å². The Morgan fingerprint density at radius 1 is 1.31 bits per heavy atom. The number of guanidine groups is 1. The molecule has 0 aliphatic rings. The van der Waals surface area contributed by atoms with Gasteiger partial charge in [-0.15, -0.1) is 0 Å². The molecule has 0 aromatic heterocycles. The molecule has 3 N–H and O–H groups in total. The predicted molar refractivity (Wildman–Crippen MR) is 56.3 cm³/mol. The Hall–Kier alpha value is -0.980. The molecule has 0 fully saturated rings. The first-order valence-electron chi connectivity index (χ1n) is 4.83. The van der Waals surface area contributed by atoms with Crippen LogP contribution in [0, 0.1) is 0 Å². The van der Waals surface area contributed by atoms with Gasteiger partial charge in [0.15, 0.2) is 5.96 Å². The second-order valence-corrected chi connectivity index (χ2v) is 4.31. The van der Waals surface area contributed by atoms with E-state index in [0.717, 1.165) is 0 Å². The highest BCUT2D eigenvalue weighted by molar-refractivity contribution is 5.78. The molecule has 7 heteroatoms. The molecular weight excluding hydrogens is 223 g/mol. The molecule has 4 nitrogen and oxygen atoms in total. The fourth-order valence-electron chi connectivity index (χ4n) is 0.842. The third kappa shape index (κ3) is 11.1. The molecule has 16 heavy (non-hydrogen) atoms. The Kier molecular flexibility index (Phi) is 5.57. The second-order valence-electron chi connectivity index (χ2n) is 4.31. The first-order valence-corrected chi connectivity index (χ1v) is 4.83. The van der Waals surface area contributed by atoms with Crippen LogP contribution >= 0.6 is 0 Å². The van der Waals surface area contributed by atoms with Crippen molar-refractivity contribution in [2.24, 2.45) is 10.7 Å². The van der Waals surface area contributed by atoms with Crippen molar-refractivity contribution in [2.45, 2.75) is 32.5 Å². The van der Waals surface area contributed by atoms with Crippen molar-refractivity contribution in [3.05, 3.63) is 0 Å². The number of alkyl halides is 3. The van der Waals surface area contributed by atoms with Gasteiger partial charge in [-0.05, 0) is 20.8 Å². The molecule has 0 saturated heterocycles. The molecule has 0 aromatic rings. The third-order valence-electron chi connectivity index (χ3n) is 1.29. The highest BCUT2D eigenvalue weighted by Crippen LogP contribution is 2.13. The zero-order valence-electron chi connectivity index (χ0n) is 9.69. The number of nitrogens with zero attached hydrogens (tertiary/aromatic N) is 1. The number of ether oxygens (including phenoxy) is 1. The molecule has 0 heterocycles. The van der Waals surface area contributed by atoms with Crippen molar-refractivity contribution in [1.29, 1.82) is 0 Å². The van der Waals surface area contributed by atoms with Gasteiger partial charge in [0.25, 0.3) is 0 Å². The molecule has 0 rings (SSSR count). The molecule has 0 bridgehead atoms. The summed E-state index contributed by atoms with van der Waals surface area (Å²) in [5, 5.41) is 2.88. The topological polar surface area (TPSA) is 59.6 Å². The number of nitrogens with one attached hydrogen (secondary N) is 1. The minimum absolute atomic E-state index is 0.102. The Morgan fingerprint density at radius 3 is 2.31 bits per heavy atom. The first-order chi connectivity index (χ1) is 7.10. The Labute approximate surface area is 93.1 Å². The molecule has 0 atom stereocenters. The summed E-state index contributed by atoms with van der Waals surface area (Å²) in [7, 11) is 0. The average Bonchev–Trinajstić information content (AvgIpc) is 1.97. The van der Waals surface area contributed by atoms with Gasteiger partial charge >= 0.3 is 6.18 Å². The van der Waals surface area contributed by atoms with E-state index < -0.39 is 12.8 Å². The molecule has 96 valence electrons. The predicted octanol–water partition coefficient (Wildman–Crippen LogP) is 1.27. The van der Waals surface area contributed by atoms with Crippen LogP contribution < -0.4 is 11.1 Å². The standard InChI is InChI=1S/C9H18F3N3O/c1-8(2,3)15-7(13)14-4-5-16-6-9(10,11)12/h4-6H2,1-3H3,(H3,13,14,15). The normalized spacial score (nSPS) is 14.0. The van der Waals surface area contributed by atoms with Crippen LogP contribution in [-0.2, 0) is 4.74 Å². The summed E-state index contributed by atoms with van der Waals surface area (Å²) >= 11 is 0. The van der Waals surface area contributed by atoms with E-state index in [2.05, 4.69) is 15.0 Å². The number of rotatable bonds is 4. The van der Waals surface area contributed by atoms with Gasteiger partial charge in [0.2, 0.25) is 0 Å². The summed E-state index contributed by atoms with van der Waals surface area (Å²) in [5.74, 6) is 0.197. The largest absolute Gasteiger partial charge is 0.411 e. The van der Waals surface area contributed by atoms with E-state index in [1.807, 2.05) is 20.8 Å². The van der Waals surface area contributed by atoms with E-state index in [1.54, 1.807) is 0 Å². The van der Waals surface area contributed by atoms with Crippen LogP contribution in [0.25, 0.3) is 0 Å². The van der Waals surface area contributed by atoms with Gasteiger partial charge in [-0.3, -0.25) is 4.99 Å². The lowest BCUT2D eigenvalue weighted by atomic mass is 10.1. The highest BCUT2D eigenvalue weighted by atomic mass is 19.4. The van der Waals surface area contributed by atoms with Crippen molar-refractivity contribution >= 4 is 5.96 Å². The minimum Gasteiger partial charge on any atom is -0.370 e. The summed E-state index contributed by atoms with van der Waals surface area (Å²) < 4.78 is 39.4. The second kappa shape index (κ2) is 5.93. The van der Waals surface area contributed by atoms with Crippen LogP contribution in [0.5, 0.6) is 0 Å². The van der Waals surface area contributed by atoms with E-state index in [-0.39, 0.29) is 24.7 Å². The summed E-state index contributed by atoms with van der Waals surface area (Å²) in [6.07, 6.45) is -4.29. The Bertz CT molecular complexity index is 233. The summed E-state index contributed by atoms with van der Waals surface area (Å²) in [4.78, 5) is 3.82. The molecule has 0 aliphatic heterocycles. The van der Waals surface area contributed by atoms with Crippen LogP contribution in [0.1, 0.15) is 20.8 Å². The monoisotopic (exact) mass is 241 g/mol. The minimum atomic E-state index is -4.29. The molecule has 0 unspecified atom stereocenters. The van der Waals surface area contributed by atoms with Gasteiger partial charge in [0.05, 0.1) is 13.2 Å². The molecule has 0 amide bonds. The van der Waals surface area contributed by atoms with E-state index in [0.29, 0.717) is 0 Å². The Morgan fingerprint density at radius 2 is 1.88 bits per heavy atom. The lowest BCUT2D eigenvalue weighted by Crippen LogP contribution is -2.45. The van der Waals surface area contributed by atoms with Gasteiger partial charge in [0.1, 0.15) is 6.61 Å². The van der Waals surface area contributed by atoms with E-state index in [9.17, 15) is 13.2 Å².